The quantitative estimate of drug-likeness (QED) is 0.717. The van der Waals surface area contributed by atoms with Crippen LogP contribution in [0.1, 0.15) is 0 Å². The number of rotatable bonds is 2. The number of ether oxygens (including phenoxy) is 1. The first-order valence-electron chi connectivity index (χ1n) is 5.67. The van der Waals surface area contributed by atoms with Crippen molar-refractivity contribution < 1.29 is 13.5 Å². The molecule has 0 saturated heterocycles. The lowest BCUT2D eigenvalue weighted by molar-refractivity contribution is 0.415. The van der Waals surface area contributed by atoms with Crippen molar-refractivity contribution in [3.63, 3.8) is 0 Å². The van der Waals surface area contributed by atoms with E-state index >= 15 is 0 Å². The summed E-state index contributed by atoms with van der Waals surface area (Å²) < 4.78 is 24.1. The molecule has 3 rings (SSSR count). The Labute approximate surface area is 108 Å². The van der Waals surface area contributed by atoms with E-state index in [1.54, 1.807) is 31.4 Å². The van der Waals surface area contributed by atoms with E-state index in [2.05, 4.69) is 4.98 Å². The topological polar surface area (TPSA) is 61.3 Å². The first-order valence-corrected chi connectivity index (χ1v) is 5.67. The van der Waals surface area contributed by atoms with Gasteiger partial charge in [0.25, 0.3) is 0 Å². The summed E-state index contributed by atoms with van der Waals surface area (Å²) in [4.78, 5) is 3.76. The normalized spacial score (nSPS) is 10.8. The molecule has 2 N–H and O–H groups in total. The van der Waals surface area contributed by atoms with Crippen molar-refractivity contribution in [1.82, 2.24) is 4.98 Å². The monoisotopic (exact) mass is 258 g/mol. The van der Waals surface area contributed by atoms with Crippen LogP contribution < -0.4 is 10.5 Å². The highest BCUT2D eigenvalue weighted by Crippen LogP contribution is 2.29. The average molecular weight is 258 g/mol. The number of nitrogen functional groups attached to an aromatic ring is 1. The summed E-state index contributed by atoms with van der Waals surface area (Å²) in [6.07, 6.45) is 0. The average Bonchev–Trinajstić information content (AvgIpc) is 2.84. The smallest absolute Gasteiger partial charge is 0.236 e. The van der Waals surface area contributed by atoms with Gasteiger partial charge in [-0.2, -0.15) is 4.39 Å². The maximum absolute atomic E-state index is 13.3. The molecular formula is C14H11FN2O2. The van der Waals surface area contributed by atoms with Crippen LogP contribution in [0.5, 0.6) is 5.75 Å². The molecule has 2 aromatic heterocycles. The molecule has 0 saturated carbocycles. The van der Waals surface area contributed by atoms with E-state index in [1.165, 1.54) is 6.07 Å². The predicted octanol–water partition coefficient (Wildman–Crippen LogP) is 3.22. The molecule has 0 bridgehead atoms. The molecule has 0 fully saturated rings. The maximum atomic E-state index is 13.3. The molecule has 0 aliphatic heterocycles. The van der Waals surface area contributed by atoms with Crippen LogP contribution in [0.4, 0.5) is 10.1 Å². The number of nitrogens with zero attached hydrogens (tertiary/aromatic N) is 1. The fourth-order valence-electron chi connectivity index (χ4n) is 1.86. The van der Waals surface area contributed by atoms with Gasteiger partial charge in [-0.15, -0.1) is 0 Å². The Balaban J connectivity index is 2.11. The summed E-state index contributed by atoms with van der Waals surface area (Å²) in [6, 6.07) is 10.3. The van der Waals surface area contributed by atoms with Crippen LogP contribution in [0, 0.1) is 5.95 Å². The number of benzene rings is 1. The van der Waals surface area contributed by atoms with E-state index in [9.17, 15) is 4.39 Å². The van der Waals surface area contributed by atoms with Gasteiger partial charge in [-0.3, -0.25) is 0 Å². The van der Waals surface area contributed by atoms with Crippen LogP contribution in [0.3, 0.4) is 0 Å². The minimum Gasteiger partial charge on any atom is -0.497 e. The number of nitrogens with two attached hydrogens (primary N) is 1. The Morgan fingerprint density at radius 1 is 1.21 bits per heavy atom. The van der Waals surface area contributed by atoms with E-state index in [1.807, 2.05) is 6.07 Å². The molecule has 0 aliphatic carbocycles. The predicted molar refractivity (Wildman–Crippen MR) is 70.4 cm³/mol. The fraction of sp³-hybridized carbons (Fsp3) is 0.0714. The second kappa shape index (κ2) is 4.28. The molecule has 0 atom stereocenters. The molecule has 0 radical (unpaired) electrons. The van der Waals surface area contributed by atoms with E-state index in [0.717, 1.165) is 11.1 Å². The van der Waals surface area contributed by atoms with Crippen LogP contribution in [0.2, 0.25) is 0 Å². The van der Waals surface area contributed by atoms with Gasteiger partial charge >= 0.3 is 0 Å². The van der Waals surface area contributed by atoms with Crippen molar-refractivity contribution in [2.75, 3.05) is 12.8 Å². The summed E-state index contributed by atoms with van der Waals surface area (Å²) in [5, 5.41) is 0.869. The number of fused-ring (bicyclic) bond motifs is 1. The third-order valence-corrected chi connectivity index (χ3v) is 2.85. The van der Waals surface area contributed by atoms with Crippen LogP contribution in [-0.2, 0) is 0 Å². The molecule has 96 valence electrons. The molecule has 19 heavy (non-hydrogen) atoms. The van der Waals surface area contributed by atoms with Gasteiger partial charge in [0.1, 0.15) is 17.0 Å². The van der Waals surface area contributed by atoms with Crippen molar-refractivity contribution >= 4 is 16.7 Å². The zero-order chi connectivity index (χ0) is 13.4. The first-order chi connectivity index (χ1) is 9.17. The zero-order valence-corrected chi connectivity index (χ0v) is 10.2. The number of hydrogen-bond acceptors (Lipinski definition) is 4. The Morgan fingerprint density at radius 3 is 2.79 bits per heavy atom. The molecule has 0 aliphatic rings. The van der Waals surface area contributed by atoms with Gasteiger partial charge in [0.2, 0.25) is 5.95 Å². The highest BCUT2D eigenvalue weighted by Gasteiger charge is 2.10. The van der Waals surface area contributed by atoms with Gasteiger partial charge in [-0.1, -0.05) is 0 Å². The van der Waals surface area contributed by atoms with Gasteiger partial charge in [-0.25, -0.2) is 4.98 Å². The molecule has 0 amide bonds. The van der Waals surface area contributed by atoms with Crippen molar-refractivity contribution in [3.05, 3.63) is 42.3 Å². The van der Waals surface area contributed by atoms with E-state index in [4.69, 9.17) is 14.9 Å². The number of methoxy groups -OCH3 is 1. The fourth-order valence-corrected chi connectivity index (χ4v) is 1.86. The third kappa shape index (κ3) is 1.99. The molecule has 0 unspecified atom stereocenters. The van der Waals surface area contributed by atoms with Crippen molar-refractivity contribution in [2.45, 2.75) is 0 Å². The first kappa shape index (κ1) is 11.5. The van der Waals surface area contributed by atoms with Crippen LogP contribution in [-0.4, -0.2) is 12.1 Å². The lowest BCUT2D eigenvalue weighted by Gasteiger charge is -1.98. The number of furan rings is 1. The van der Waals surface area contributed by atoms with Crippen LogP contribution in [0.25, 0.3) is 22.4 Å². The standard InChI is InChI=1S/C14H11FN2O2/c1-18-9-2-5-12-8(6-9)7-13(19-12)11-4-3-10(16)14(15)17-11/h2-7H,16H2,1H3. The van der Waals surface area contributed by atoms with E-state index in [-0.39, 0.29) is 5.69 Å². The van der Waals surface area contributed by atoms with Gasteiger partial charge in [-0.05, 0) is 36.4 Å². The molecule has 5 heteroatoms. The number of hydrogen-bond donors (Lipinski definition) is 1. The number of aromatic nitrogens is 1. The van der Waals surface area contributed by atoms with Crippen molar-refractivity contribution in [1.29, 1.82) is 0 Å². The van der Waals surface area contributed by atoms with E-state index < -0.39 is 5.95 Å². The Kier molecular flexibility index (Phi) is 2.59. The second-order valence-corrected chi connectivity index (χ2v) is 4.09. The van der Waals surface area contributed by atoms with Gasteiger partial charge < -0.3 is 14.9 Å². The van der Waals surface area contributed by atoms with Gasteiger partial charge in [0, 0.05) is 5.39 Å². The highest BCUT2D eigenvalue weighted by molar-refractivity contribution is 5.83. The molecule has 0 spiro atoms. The summed E-state index contributed by atoms with van der Waals surface area (Å²) in [7, 11) is 1.60. The van der Waals surface area contributed by atoms with E-state index in [0.29, 0.717) is 17.0 Å². The maximum Gasteiger partial charge on any atom is 0.236 e. The summed E-state index contributed by atoms with van der Waals surface area (Å²) in [6.45, 7) is 0. The SMILES string of the molecule is COc1ccc2oc(-c3ccc(N)c(F)n3)cc2c1. The zero-order valence-electron chi connectivity index (χ0n) is 10.2. The number of anilines is 1. The molecular weight excluding hydrogens is 247 g/mol. The highest BCUT2D eigenvalue weighted by atomic mass is 19.1. The second-order valence-electron chi connectivity index (χ2n) is 4.09. The molecule has 2 heterocycles. The summed E-state index contributed by atoms with van der Waals surface area (Å²) in [5.74, 6) is 0.522. The van der Waals surface area contributed by atoms with Gasteiger partial charge in [0.15, 0.2) is 5.76 Å². The number of halogens is 1. The Bertz CT molecular complexity index is 752. The summed E-state index contributed by atoms with van der Waals surface area (Å²) >= 11 is 0. The van der Waals surface area contributed by atoms with Gasteiger partial charge in [0.05, 0.1) is 12.8 Å². The minimum atomic E-state index is -0.699. The summed E-state index contributed by atoms with van der Waals surface area (Å²) in [5.41, 5.74) is 6.50. The lowest BCUT2D eigenvalue weighted by atomic mass is 10.2. The minimum absolute atomic E-state index is 0.0153. The van der Waals surface area contributed by atoms with Crippen LogP contribution >= 0.6 is 0 Å². The van der Waals surface area contributed by atoms with Crippen LogP contribution in [0.15, 0.2) is 40.8 Å². The molecule has 1 aromatic carbocycles. The largest absolute Gasteiger partial charge is 0.497 e. The molecule has 3 aromatic rings. The Morgan fingerprint density at radius 2 is 2.05 bits per heavy atom. The van der Waals surface area contributed by atoms with Crippen molar-refractivity contribution in [2.24, 2.45) is 0 Å². The lowest BCUT2D eigenvalue weighted by Crippen LogP contribution is -1.94. The number of pyridine rings is 1. The third-order valence-electron chi connectivity index (χ3n) is 2.85. The Hall–Kier alpha value is -2.56. The van der Waals surface area contributed by atoms with Crippen molar-refractivity contribution in [3.8, 4) is 17.2 Å². The molecule has 4 nitrogen and oxygen atoms in total.